The SMILES string of the molecule is [2H]c1nc([2H])c2c(c1[2H])CN(Cc1ccc(OC)cc1OC)C2[2H]. The van der Waals surface area contributed by atoms with Crippen LogP contribution in [0.5, 0.6) is 11.5 Å². The Bertz CT molecular complexity index is 785. The van der Waals surface area contributed by atoms with E-state index in [-0.39, 0.29) is 18.4 Å². The fourth-order valence-corrected chi connectivity index (χ4v) is 2.28. The van der Waals surface area contributed by atoms with Gasteiger partial charge in [-0.15, -0.1) is 0 Å². The molecular formula is C16H18N2O2. The van der Waals surface area contributed by atoms with E-state index in [1.165, 1.54) is 0 Å². The molecule has 0 N–H and O–H groups in total. The number of hydrogen-bond donors (Lipinski definition) is 0. The maximum Gasteiger partial charge on any atom is 0.127 e. The van der Waals surface area contributed by atoms with E-state index in [9.17, 15) is 0 Å². The van der Waals surface area contributed by atoms with Crippen LogP contribution >= 0.6 is 0 Å². The zero-order valence-corrected chi connectivity index (χ0v) is 11.4. The van der Waals surface area contributed by atoms with Gasteiger partial charge in [-0.2, -0.15) is 0 Å². The van der Waals surface area contributed by atoms with Gasteiger partial charge in [0.25, 0.3) is 0 Å². The Morgan fingerprint density at radius 2 is 2.25 bits per heavy atom. The molecule has 1 aliphatic heterocycles. The Hall–Kier alpha value is -2.07. The van der Waals surface area contributed by atoms with E-state index in [0.717, 1.165) is 5.56 Å². The van der Waals surface area contributed by atoms with Crippen molar-refractivity contribution in [2.24, 2.45) is 0 Å². The van der Waals surface area contributed by atoms with Crippen LogP contribution in [0.2, 0.25) is 0 Å². The molecule has 4 heteroatoms. The molecule has 0 fully saturated rings. The normalized spacial score (nSPS) is 20.6. The van der Waals surface area contributed by atoms with Crippen LogP contribution in [0.25, 0.3) is 0 Å². The Labute approximate surface area is 124 Å². The standard InChI is InChI=1S/C16H18N2O2/c1-19-15-4-3-13(16(7-15)20-2)10-18-9-12-5-6-17-8-14(12)11-18/h3-8H,9-11H2,1-2H3/i5D,6D,8D,11D. The van der Waals surface area contributed by atoms with Gasteiger partial charge in [-0.3, -0.25) is 9.88 Å². The van der Waals surface area contributed by atoms with Crippen LogP contribution in [0.15, 0.2) is 36.6 Å². The molecule has 0 bridgehead atoms. The van der Waals surface area contributed by atoms with Gasteiger partial charge < -0.3 is 9.47 Å². The molecule has 4 nitrogen and oxygen atoms in total. The van der Waals surface area contributed by atoms with Crippen LogP contribution in [0.3, 0.4) is 0 Å². The second-order valence-electron chi connectivity index (χ2n) is 4.56. The molecule has 2 aromatic rings. The van der Waals surface area contributed by atoms with E-state index in [1.807, 2.05) is 17.0 Å². The molecule has 0 saturated heterocycles. The van der Waals surface area contributed by atoms with Gasteiger partial charge in [-0.1, -0.05) is 6.07 Å². The topological polar surface area (TPSA) is 34.6 Å². The van der Waals surface area contributed by atoms with Crippen LogP contribution in [-0.2, 0) is 19.6 Å². The predicted molar refractivity (Wildman–Crippen MR) is 76.7 cm³/mol. The zero-order chi connectivity index (χ0) is 17.4. The van der Waals surface area contributed by atoms with Crippen molar-refractivity contribution in [1.29, 1.82) is 0 Å². The lowest BCUT2D eigenvalue weighted by atomic mass is 10.2. The number of aromatic nitrogens is 1. The van der Waals surface area contributed by atoms with Crippen molar-refractivity contribution in [3.05, 3.63) is 53.3 Å². The first kappa shape index (κ1) is 8.97. The molecule has 1 aliphatic rings. The summed E-state index contributed by atoms with van der Waals surface area (Å²) in [5.74, 6) is 1.35. The van der Waals surface area contributed by atoms with Gasteiger partial charge in [0.1, 0.15) is 11.5 Å². The van der Waals surface area contributed by atoms with E-state index in [0.29, 0.717) is 35.7 Å². The molecular weight excluding hydrogens is 252 g/mol. The Morgan fingerprint density at radius 1 is 1.35 bits per heavy atom. The first-order valence-electron chi connectivity index (χ1n) is 8.37. The Balaban J connectivity index is 1.91. The summed E-state index contributed by atoms with van der Waals surface area (Å²) < 4.78 is 42.5. The van der Waals surface area contributed by atoms with Crippen molar-refractivity contribution < 1.29 is 15.0 Å². The first-order valence-corrected chi connectivity index (χ1v) is 6.30. The van der Waals surface area contributed by atoms with Crippen LogP contribution in [0.1, 0.15) is 22.2 Å². The molecule has 1 unspecified atom stereocenters. The summed E-state index contributed by atoms with van der Waals surface area (Å²) in [5.41, 5.74) is 1.86. The predicted octanol–water partition coefficient (Wildman–Crippen LogP) is 2.61. The van der Waals surface area contributed by atoms with Crippen molar-refractivity contribution >= 4 is 0 Å². The smallest absolute Gasteiger partial charge is 0.127 e. The summed E-state index contributed by atoms with van der Waals surface area (Å²) in [5, 5.41) is 0. The maximum absolute atomic E-state index is 8.39. The van der Waals surface area contributed by atoms with Crippen LogP contribution in [-0.4, -0.2) is 24.1 Å². The first-order chi connectivity index (χ1) is 11.5. The average molecular weight is 274 g/mol. The van der Waals surface area contributed by atoms with Gasteiger partial charge in [0.05, 0.1) is 18.3 Å². The fraction of sp³-hybridized carbons (Fsp3) is 0.312. The highest BCUT2D eigenvalue weighted by Crippen LogP contribution is 2.29. The second-order valence-corrected chi connectivity index (χ2v) is 4.56. The highest BCUT2D eigenvalue weighted by Gasteiger charge is 2.20. The van der Waals surface area contributed by atoms with Gasteiger partial charge in [-0.25, -0.2) is 0 Å². The third kappa shape index (κ3) is 2.47. The average Bonchev–Trinajstić information content (AvgIpc) is 2.90. The van der Waals surface area contributed by atoms with Gasteiger partial charge in [0.15, 0.2) is 0 Å². The van der Waals surface area contributed by atoms with Crippen molar-refractivity contribution in [1.82, 2.24) is 9.88 Å². The number of hydrogen-bond acceptors (Lipinski definition) is 4. The molecule has 104 valence electrons. The number of nitrogens with zero attached hydrogens (tertiary/aromatic N) is 2. The monoisotopic (exact) mass is 274 g/mol. The van der Waals surface area contributed by atoms with Crippen molar-refractivity contribution in [2.75, 3.05) is 14.2 Å². The third-order valence-electron chi connectivity index (χ3n) is 3.30. The molecule has 2 heterocycles. The van der Waals surface area contributed by atoms with Gasteiger partial charge in [0.2, 0.25) is 0 Å². The third-order valence-corrected chi connectivity index (χ3v) is 3.30. The quantitative estimate of drug-likeness (QED) is 0.858. The largest absolute Gasteiger partial charge is 0.497 e. The number of benzene rings is 1. The number of fused-ring (bicyclic) bond motifs is 1. The number of methoxy groups -OCH3 is 2. The molecule has 1 aromatic carbocycles. The lowest BCUT2D eigenvalue weighted by Gasteiger charge is -2.17. The molecule has 0 saturated carbocycles. The van der Waals surface area contributed by atoms with Crippen LogP contribution < -0.4 is 9.47 Å². The molecule has 3 rings (SSSR count). The van der Waals surface area contributed by atoms with Gasteiger partial charge >= 0.3 is 0 Å². The van der Waals surface area contributed by atoms with Crippen molar-refractivity contribution in [3.63, 3.8) is 0 Å². The van der Waals surface area contributed by atoms with E-state index in [2.05, 4.69) is 4.98 Å². The molecule has 0 radical (unpaired) electrons. The summed E-state index contributed by atoms with van der Waals surface area (Å²) in [7, 11) is 3.16. The van der Waals surface area contributed by atoms with Gasteiger partial charge in [0, 0.05) is 45.0 Å². The Kier molecular flexibility index (Phi) is 2.47. The lowest BCUT2D eigenvalue weighted by Crippen LogP contribution is -2.16. The summed E-state index contributed by atoms with van der Waals surface area (Å²) >= 11 is 0. The lowest BCUT2D eigenvalue weighted by molar-refractivity contribution is 0.269. The molecule has 1 atom stereocenters. The van der Waals surface area contributed by atoms with Crippen molar-refractivity contribution in [3.8, 4) is 11.5 Å². The molecule has 0 spiro atoms. The molecule has 0 aliphatic carbocycles. The maximum atomic E-state index is 8.39. The number of pyridine rings is 1. The van der Waals surface area contributed by atoms with E-state index >= 15 is 0 Å². The summed E-state index contributed by atoms with van der Waals surface area (Å²) in [4.78, 5) is 5.58. The molecule has 1 aromatic heterocycles. The van der Waals surface area contributed by atoms with Crippen LogP contribution in [0, 0.1) is 0 Å². The van der Waals surface area contributed by atoms with E-state index in [4.69, 9.17) is 15.0 Å². The highest BCUT2D eigenvalue weighted by atomic mass is 16.5. The summed E-state index contributed by atoms with van der Waals surface area (Å²) in [6.45, 7) is -0.00321. The number of ether oxygens (including phenoxy) is 2. The van der Waals surface area contributed by atoms with E-state index in [1.54, 1.807) is 20.3 Å². The van der Waals surface area contributed by atoms with Gasteiger partial charge in [-0.05, 0) is 23.2 Å². The van der Waals surface area contributed by atoms with Crippen molar-refractivity contribution in [2.45, 2.75) is 19.6 Å². The minimum absolute atomic E-state index is 0.00226. The molecule has 20 heavy (non-hydrogen) atoms. The second kappa shape index (κ2) is 5.51. The highest BCUT2D eigenvalue weighted by molar-refractivity contribution is 5.41. The van der Waals surface area contributed by atoms with Crippen LogP contribution in [0.4, 0.5) is 0 Å². The molecule has 0 amide bonds. The summed E-state index contributed by atoms with van der Waals surface area (Å²) in [6.07, 6.45) is -0.301. The minimum Gasteiger partial charge on any atom is -0.497 e. The van der Waals surface area contributed by atoms with E-state index < -0.39 is 6.52 Å². The summed E-state index contributed by atoms with van der Waals surface area (Å²) in [6, 6.07) is 5.50. The minimum atomic E-state index is -0.781. The zero-order valence-electron chi connectivity index (χ0n) is 15.4. The Morgan fingerprint density at radius 3 is 3.05 bits per heavy atom. The fourth-order valence-electron chi connectivity index (χ4n) is 2.28. The number of rotatable bonds is 4.